The fourth-order valence-electron chi connectivity index (χ4n) is 0. The van der Waals surface area contributed by atoms with Gasteiger partial charge in [-0.3, -0.25) is 0 Å². The number of hydrogen-bond acceptors (Lipinski definition) is 0. The predicted octanol–water partition coefficient (Wildman–Crippen LogP) is -0.924. The molecule has 0 nitrogen and oxygen atoms in total. The Morgan fingerprint density at radius 1 is 1.25 bits per heavy atom. The quantitative estimate of drug-likeness (QED) is 0.496. The van der Waals surface area contributed by atoms with E-state index in [9.17, 15) is 0 Å². The van der Waals surface area contributed by atoms with Crippen molar-refractivity contribution in [2.24, 2.45) is 0 Å². The van der Waals surface area contributed by atoms with Crippen molar-refractivity contribution in [2.75, 3.05) is 0 Å². The van der Waals surface area contributed by atoms with E-state index in [2.05, 4.69) is 0 Å². The maximum atomic E-state index is 1.69. The molecule has 0 radical (unpaired) electrons. The Kier molecular flexibility index (Phi) is 67.3. The summed E-state index contributed by atoms with van der Waals surface area (Å²) in [4.78, 5) is 0. The van der Waals surface area contributed by atoms with Gasteiger partial charge in [0.2, 0.25) is 0 Å². The summed E-state index contributed by atoms with van der Waals surface area (Å²) >= 11 is 3.08. The van der Waals surface area contributed by atoms with Crippen LogP contribution >= 0.6 is 0 Å². The van der Waals surface area contributed by atoms with Gasteiger partial charge >= 0.3 is 34.8 Å². The predicted molar refractivity (Wildman–Crippen MR) is 8.54 cm³/mol. The molecule has 0 saturated carbocycles. The van der Waals surface area contributed by atoms with Gasteiger partial charge in [-0.2, -0.15) is 0 Å². The summed E-state index contributed by atoms with van der Waals surface area (Å²) in [5.74, 6) is 0. The minimum absolute atomic E-state index is 0. The first-order valence-corrected chi connectivity index (χ1v) is 8.87. The molecule has 0 rings (SSSR count). The van der Waals surface area contributed by atoms with Crippen LogP contribution in [-0.4, -0.2) is 12.5 Å². The van der Waals surface area contributed by atoms with Crippen molar-refractivity contribution in [1.29, 1.82) is 0 Å². The first-order valence-electron chi connectivity index (χ1n) is 0.500. The second-order valence-corrected chi connectivity index (χ2v) is 0. The number of hydrogen-bond donors (Lipinski definition) is 0. The minimum Gasteiger partial charge on any atom is 0 e. The SMILES string of the molecule is [AlH2][Zr].[Mo].[Ti]. The molecule has 19 valence electrons. The second-order valence-electron chi connectivity index (χ2n) is 0. The zero-order valence-corrected chi connectivity index (χ0v) is 10.4. The summed E-state index contributed by atoms with van der Waals surface area (Å²) < 4.78 is 0. The van der Waals surface area contributed by atoms with Crippen molar-refractivity contribution in [3.63, 3.8) is 0 Å². The molecule has 0 heterocycles. The first-order chi connectivity index (χ1) is 1.00. The molecule has 0 unspecified atom stereocenters. The van der Waals surface area contributed by atoms with Crippen molar-refractivity contribution in [3.05, 3.63) is 0 Å². The van der Waals surface area contributed by atoms with Crippen LogP contribution in [0.2, 0.25) is 0 Å². The summed E-state index contributed by atoms with van der Waals surface area (Å²) in [7, 11) is 0. The minimum atomic E-state index is 0. The zero-order valence-electron chi connectivity index (χ0n) is 2.41. The van der Waals surface area contributed by atoms with Gasteiger partial charge in [-0.15, -0.1) is 0 Å². The topological polar surface area (TPSA) is 0 Å². The molecule has 0 amide bonds. The summed E-state index contributed by atoms with van der Waals surface area (Å²) in [6.45, 7) is 0. The Bertz CT molecular complexity index is 8.00. The van der Waals surface area contributed by atoms with Gasteiger partial charge in [0.25, 0.3) is 0 Å². The van der Waals surface area contributed by atoms with Crippen LogP contribution in [0.5, 0.6) is 0 Å². The molecular weight excluding hydrogens is 262 g/mol. The third kappa shape index (κ3) is 8.84. The average Bonchev–Trinajstić information content (AvgIpc) is 1.00. The molecule has 0 aliphatic carbocycles. The maximum absolute atomic E-state index is 1.69. The second kappa shape index (κ2) is 17.0. The van der Waals surface area contributed by atoms with E-state index in [0.29, 0.717) is 0 Å². The van der Waals surface area contributed by atoms with Crippen molar-refractivity contribution in [2.45, 2.75) is 0 Å². The molecule has 0 saturated heterocycles. The van der Waals surface area contributed by atoms with E-state index in [1.807, 2.05) is 0 Å². The summed E-state index contributed by atoms with van der Waals surface area (Å²) in [6.07, 6.45) is 0. The van der Waals surface area contributed by atoms with Crippen molar-refractivity contribution in [3.8, 4) is 0 Å². The van der Waals surface area contributed by atoms with E-state index >= 15 is 0 Å². The van der Waals surface area contributed by atoms with Crippen LogP contribution in [0.1, 0.15) is 0 Å². The molecule has 0 atom stereocenters. The molecule has 0 aromatic heterocycles. The fraction of sp³-hybridized carbons (Fsp3) is 0. The third-order valence-electron chi connectivity index (χ3n) is 0. The van der Waals surface area contributed by atoms with Gasteiger partial charge in [0.1, 0.15) is 0 Å². The molecular formula is H2AlMoTiZr. The van der Waals surface area contributed by atoms with Crippen LogP contribution in [0.15, 0.2) is 0 Å². The molecule has 0 fully saturated rings. The Morgan fingerprint density at radius 3 is 1.25 bits per heavy atom. The van der Waals surface area contributed by atoms with Gasteiger partial charge in [-0.05, 0) is 0 Å². The largest absolute Gasteiger partial charge is 0 e. The van der Waals surface area contributed by atoms with Gasteiger partial charge in [0.15, 0.2) is 0 Å². The molecule has 0 aliphatic heterocycles. The van der Waals surface area contributed by atoms with Gasteiger partial charge in [0, 0.05) is 42.8 Å². The summed E-state index contributed by atoms with van der Waals surface area (Å²) in [5.41, 5.74) is 0. The Morgan fingerprint density at radius 2 is 1.25 bits per heavy atom. The van der Waals surface area contributed by atoms with E-state index in [-0.39, 0.29) is 42.8 Å². The van der Waals surface area contributed by atoms with Crippen LogP contribution in [0, 0.1) is 0 Å². The van der Waals surface area contributed by atoms with Gasteiger partial charge < -0.3 is 0 Å². The van der Waals surface area contributed by atoms with Gasteiger partial charge in [0.05, 0.1) is 0 Å². The van der Waals surface area contributed by atoms with Crippen LogP contribution in [0.25, 0.3) is 0 Å². The smallest absolute Gasteiger partial charge is 0 e. The van der Waals surface area contributed by atoms with E-state index in [4.69, 9.17) is 0 Å². The summed E-state index contributed by atoms with van der Waals surface area (Å²) in [5, 5.41) is 0. The molecule has 4 heteroatoms. The van der Waals surface area contributed by atoms with Crippen LogP contribution < -0.4 is 0 Å². The monoisotopic (exact) mass is 265 g/mol. The molecule has 0 bridgehead atoms. The van der Waals surface area contributed by atoms with Crippen LogP contribution in [0.4, 0.5) is 0 Å². The molecule has 0 aromatic carbocycles. The summed E-state index contributed by atoms with van der Waals surface area (Å²) in [6, 6.07) is 0. The van der Waals surface area contributed by atoms with Crippen molar-refractivity contribution < 1.29 is 65.1 Å². The maximum Gasteiger partial charge on any atom is 0 e. The van der Waals surface area contributed by atoms with E-state index < -0.39 is 0 Å². The first kappa shape index (κ1) is 15.8. The van der Waals surface area contributed by atoms with Crippen LogP contribution in [0.3, 0.4) is 0 Å². The Hall–Kier alpha value is 2.82. The Balaban J connectivity index is -0.00000000500. The van der Waals surface area contributed by atoms with E-state index in [0.717, 1.165) is 0 Å². The standard InChI is InChI=1S/Al.Mo.Ti.Zr.2H. The van der Waals surface area contributed by atoms with Gasteiger partial charge in [-0.25, -0.2) is 0 Å². The van der Waals surface area contributed by atoms with E-state index in [1.165, 1.54) is 12.5 Å². The normalized spacial score (nSPS) is 0.750. The molecule has 0 N–H and O–H groups in total. The van der Waals surface area contributed by atoms with Crippen molar-refractivity contribution >= 4 is 12.5 Å². The molecule has 0 spiro atoms. The fourth-order valence-corrected chi connectivity index (χ4v) is 0. The van der Waals surface area contributed by atoms with Crippen molar-refractivity contribution in [1.82, 2.24) is 0 Å². The van der Waals surface area contributed by atoms with Gasteiger partial charge in [-0.1, -0.05) is 0 Å². The number of rotatable bonds is 0. The Labute approximate surface area is 76.1 Å². The third-order valence-corrected chi connectivity index (χ3v) is 0. The molecule has 0 aromatic rings. The van der Waals surface area contributed by atoms with E-state index in [1.54, 1.807) is 22.3 Å². The average molecular weight is 264 g/mol. The zero-order chi connectivity index (χ0) is 2.00. The molecule has 4 heavy (non-hydrogen) atoms. The van der Waals surface area contributed by atoms with Crippen LogP contribution in [-0.2, 0) is 65.1 Å². The molecule has 0 aliphatic rings.